The first-order valence-electron chi connectivity index (χ1n) is 6.04. The molecule has 0 aromatic heterocycles. The maximum absolute atomic E-state index is 13.6. The third-order valence-corrected chi connectivity index (χ3v) is 3.77. The molecule has 0 bridgehead atoms. The lowest BCUT2D eigenvalue weighted by molar-refractivity contribution is 0.0910. The van der Waals surface area contributed by atoms with Crippen molar-refractivity contribution in [2.45, 2.75) is 19.4 Å². The summed E-state index contributed by atoms with van der Waals surface area (Å²) >= 11 is 3.25. The van der Waals surface area contributed by atoms with Crippen LogP contribution in [0.2, 0.25) is 0 Å². The molecule has 3 nitrogen and oxygen atoms in total. The molecule has 18 heavy (non-hydrogen) atoms. The third kappa shape index (κ3) is 3.09. The van der Waals surface area contributed by atoms with E-state index < -0.39 is 5.82 Å². The number of carbonyl (C=O) groups is 1. The lowest BCUT2D eigenvalue weighted by Crippen LogP contribution is -2.48. The molecule has 0 spiro atoms. The Labute approximate surface area is 114 Å². The van der Waals surface area contributed by atoms with Gasteiger partial charge in [-0.25, -0.2) is 4.39 Å². The molecule has 1 saturated heterocycles. The highest BCUT2D eigenvalue weighted by Crippen LogP contribution is 2.17. The van der Waals surface area contributed by atoms with Crippen LogP contribution in [0.25, 0.3) is 0 Å². The average molecular weight is 315 g/mol. The number of carbonyl (C=O) groups excluding carboxylic acids is 1. The van der Waals surface area contributed by atoms with Crippen molar-refractivity contribution in [2.24, 2.45) is 5.92 Å². The second-order valence-electron chi connectivity index (χ2n) is 4.67. The lowest BCUT2D eigenvalue weighted by atomic mass is 9.95. The monoisotopic (exact) mass is 314 g/mol. The SMILES string of the molecule is CC1CNCCC1NC(=O)c1cc(Br)ccc1F. The summed E-state index contributed by atoms with van der Waals surface area (Å²) in [6.45, 7) is 3.84. The predicted molar refractivity (Wildman–Crippen MR) is 72.0 cm³/mol. The van der Waals surface area contributed by atoms with Crippen molar-refractivity contribution in [3.8, 4) is 0 Å². The zero-order chi connectivity index (χ0) is 13.1. The second-order valence-corrected chi connectivity index (χ2v) is 5.59. The quantitative estimate of drug-likeness (QED) is 0.879. The Morgan fingerprint density at radius 1 is 1.56 bits per heavy atom. The van der Waals surface area contributed by atoms with Crippen LogP contribution in [0.5, 0.6) is 0 Å². The number of halogens is 2. The first-order chi connectivity index (χ1) is 8.58. The summed E-state index contributed by atoms with van der Waals surface area (Å²) in [5.74, 6) is -0.470. The summed E-state index contributed by atoms with van der Waals surface area (Å²) in [5.41, 5.74) is 0.0927. The summed E-state index contributed by atoms with van der Waals surface area (Å²) in [6, 6.07) is 4.50. The minimum absolute atomic E-state index is 0.0927. The van der Waals surface area contributed by atoms with Crippen molar-refractivity contribution in [1.82, 2.24) is 10.6 Å². The van der Waals surface area contributed by atoms with Crippen LogP contribution in [0.3, 0.4) is 0 Å². The fourth-order valence-corrected chi connectivity index (χ4v) is 2.51. The molecule has 98 valence electrons. The Hall–Kier alpha value is -0.940. The topological polar surface area (TPSA) is 41.1 Å². The van der Waals surface area contributed by atoms with Gasteiger partial charge in [-0.3, -0.25) is 4.79 Å². The Bertz CT molecular complexity index is 453. The molecule has 2 unspecified atom stereocenters. The van der Waals surface area contributed by atoms with Gasteiger partial charge in [0.2, 0.25) is 0 Å². The predicted octanol–water partition coefficient (Wildman–Crippen LogP) is 2.32. The van der Waals surface area contributed by atoms with Gasteiger partial charge in [-0.1, -0.05) is 22.9 Å². The van der Waals surface area contributed by atoms with Gasteiger partial charge in [0.15, 0.2) is 0 Å². The van der Waals surface area contributed by atoms with Crippen LogP contribution in [-0.4, -0.2) is 25.0 Å². The van der Waals surface area contributed by atoms with Crippen molar-refractivity contribution in [3.63, 3.8) is 0 Å². The van der Waals surface area contributed by atoms with E-state index in [0.29, 0.717) is 10.4 Å². The van der Waals surface area contributed by atoms with Crippen molar-refractivity contribution in [1.29, 1.82) is 0 Å². The summed E-state index contributed by atoms with van der Waals surface area (Å²) in [5, 5.41) is 6.18. The molecular weight excluding hydrogens is 299 g/mol. The van der Waals surface area contributed by atoms with Gasteiger partial charge in [0, 0.05) is 10.5 Å². The van der Waals surface area contributed by atoms with E-state index in [1.54, 1.807) is 6.07 Å². The van der Waals surface area contributed by atoms with Crippen molar-refractivity contribution in [2.75, 3.05) is 13.1 Å². The number of benzene rings is 1. The standard InChI is InChI=1S/C13H16BrFN2O/c1-8-7-16-5-4-12(8)17-13(18)10-6-9(14)2-3-11(10)15/h2-3,6,8,12,16H,4-5,7H2,1H3,(H,17,18). The number of piperidine rings is 1. The van der Waals surface area contributed by atoms with Gasteiger partial charge < -0.3 is 10.6 Å². The molecule has 0 radical (unpaired) electrons. The summed E-state index contributed by atoms with van der Waals surface area (Å²) < 4.78 is 14.3. The molecular formula is C13H16BrFN2O. The minimum atomic E-state index is -0.489. The summed E-state index contributed by atoms with van der Waals surface area (Å²) in [7, 11) is 0. The van der Waals surface area contributed by atoms with E-state index in [1.165, 1.54) is 12.1 Å². The molecule has 5 heteroatoms. The maximum atomic E-state index is 13.6. The van der Waals surface area contributed by atoms with E-state index in [-0.39, 0.29) is 17.5 Å². The number of hydrogen-bond donors (Lipinski definition) is 2. The molecule has 1 heterocycles. The van der Waals surface area contributed by atoms with E-state index in [9.17, 15) is 9.18 Å². The zero-order valence-electron chi connectivity index (χ0n) is 10.2. The van der Waals surface area contributed by atoms with Crippen LogP contribution < -0.4 is 10.6 Å². The van der Waals surface area contributed by atoms with Crippen LogP contribution in [0, 0.1) is 11.7 Å². The number of amides is 1. The molecule has 1 aliphatic rings. The van der Waals surface area contributed by atoms with Gasteiger partial charge in [-0.2, -0.15) is 0 Å². The van der Waals surface area contributed by atoms with Gasteiger partial charge in [0.05, 0.1) is 5.56 Å². The molecule has 1 aromatic rings. The molecule has 1 fully saturated rings. The highest BCUT2D eigenvalue weighted by atomic mass is 79.9. The van der Waals surface area contributed by atoms with Gasteiger partial charge >= 0.3 is 0 Å². The van der Waals surface area contributed by atoms with Crippen LogP contribution in [0.1, 0.15) is 23.7 Å². The summed E-state index contributed by atoms with van der Waals surface area (Å²) in [4.78, 5) is 12.0. The average Bonchev–Trinajstić information content (AvgIpc) is 2.35. The van der Waals surface area contributed by atoms with Crippen molar-refractivity contribution in [3.05, 3.63) is 34.1 Å². The fourth-order valence-electron chi connectivity index (χ4n) is 2.15. The smallest absolute Gasteiger partial charge is 0.254 e. The van der Waals surface area contributed by atoms with E-state index in [2.05, 4.69) is 33.5 Å². The highest BCUT2D eigenvalue weighted by molar-refractivity contribution is 9.10. The molecule has 0 saturated carbocycles. The van der Waals surface area contributed by atoms with E-state index in [4.69, 9.17) is 0 Å². The van der Waals surface area contributed by atoms with Crippen LogP contribution >= 0.6 is 15.9 Å². The largest absolute Gasteiger partial charge is 0.349 e. The maximum Gasteiger partial charge on any atom is 0.254 e. The second kappa shape index (κ2) is 5.80. The molecule has 1 aromatic carbocycles. The van der Waals surface area contributed by atoms with E-state index in [0.717, 1.165) is 19.5 Å². The number of rotatable bonds is 2. The molecule has 2 rings (SSSR count). The molecule has 1 aliphatic heterocycles. The van der Waals surface area contributed by atoms with E-state index >= 15 is 0 Å². The highest BCUT2D eigenvalue weighted by Gasteiger charge is 2.24. The Morgan fingerprint density at radius 3 is 3.06 bits per heavy atom. The zero-order valence-corrected chi connectivity index (χ0v) is 11.8. The lowest BCUT2D eigenvalue weighted by Gasteiger charge is -2.30. The molecule has 1 amide bonds. The normalized spacial score (nSPS) is 23.7. The van der Waals surface area contributed by atoms with Gasteiger partial charge in [0.1, 0.15) is 5.82 Å². The minimum Gasteiger partial charge on any atom is -0.349 e. The van der Waals surface area contributed by atoms with Crippen LogP contribution in [0.15, 0.2) is 22.7 Å². The van der Waals surface area contributed by atoms with Crippen LogP contribution in [0.4, 0.5) is 4.39 Å². The van der Waals surface area contributed by atoms with Gasteiger partial charge in [0.25, 0.3) is 5.91 Å². The fraction of sp³-hybridized carbons (Fsp3) is 0.462. The van der Waals surface area contributed by atoms with Gasteiger partial charge in [-0.05, 0) is 43.6 Å². The Morgan fingerprint density at radius 2 is 2.33 bits per heavy atom. The third-order valence-electron chi connectivity index (χ3n) is 3.27. The molecule has 2 N–H and O–H groups in total. The van der Waals surface area contributed by atoms with Crippen LogP contribution in [-0.2, 0) is 0 Å². The first-order valence-corrected chi connectivity index (χ1v) is 6.84. The number of nitrogens with one attached hydrogen (secondary N) is 2. The van der Waals surface area contributed by atoms with Gasteiger partial charge in [-0.15, -0.1) is 0 Å². The number of hydrogen-bond acceptors (Lipinski definition) is 2. The summed E-state index contributed by atoms with van der Waals surface area (Å²) in [6.07, 6.45) is 0.878. The van der Waals surface area contributed by atoms with Crippen molar-refractivity contribution >= 4 is 21.8 Å². The first kappa shape index (κ1) is 13.5. The molecule has 0 aliphatic carbocycles. The Balaban J connectivity index is 2.09. The van der Waals surface area contributed by atoms with E-state index in [1.807, 2.05) is 0 Å². The Kier molecular flexibility index (Phi) is 4.35. The molecule has 2 atom stereocenters. The van der Waals surface area contributed by atoms with Crippen molar-refractivity contribution < 1.29 is 9.18 Å².